The third kappa shape index (κ3) is 5.66. The molecular weight excluding hydrogens is 358 g/mol. The van der Waals surface area contributed by atoms with Crippen LogP contribution < -0.4 is 10.1 Å². The Morgan fingerprint density at radius 2 is 1.92 bits per heavy atom. The second-order valence-corrected chi connectivity index (χ2v) is 7.43. The van der Waals surface area contributed by atoms with E-state index in [2.05, 4.69) is 5.32 Å². The summed E-state index contributed by atoms with van der Waals surface area (Å²) in [4.78, 5) is 23.2. The molecule has 7 heteroatoms. The summed E-state index contributed by atoms with van der Waals surface area (Å²) >= 11 is 6.32. The van der Waals surface area contributed by atoms with Crippen molar-refractivity contribution in [3.63, 3.8) is 0 Å². The summed E-state index contributed by atoms with van der Waals surface area (Å²) in [5.41, 5.74) is 1.40. The molecule has 0 radical (unpaired) electrons. The Morgan fingerprint density at radius 3 is 2.38 bits per heavy atom. The number of nitrogens with one attached hydrogen (secondary N) is 1. The van der Waals surface area contributed by atoms with E-state index in [-0.39, 0.29) is 5.57 Å². The van der Waals surface area contributed by atoms with E-state index < -0.39 is 23.7 Å². The number of carbonyl (C=O) groups excluding carboxylic acids is 1. The highest BCUT2D eigenvalue weighted by Gasteiger charge is 2.23. The van der Waals surface area contributed by atoms with Gasteiger partial charge in [-0.1, -0.05) is 11.6 Å². The number of amides is 1. The van der Waals surface area contributed by atoms with Crippen molar-refractivity contribution in [1.29, 1.82) is 0 Å². The highest BCUT2D eigenvalue weighted by molar-refractivity contribution is 6.31. The Morgan fingerprint density at radius 1 is 1.35 bits per heavy atom. The van der Waals surface area contributed by atoms with Crippen LogP contribution in [-0.4, -0.2) is 29.9 Å². The molecule has 26 heavy (non-hydrogen) atoms. The first kappa shape index (κ1) is 21.8. The molecule has 0 saturated carbocycles. The van der Waals surface area contributed by atoms with Gasteiger partial charge in [0.15, 0.2) is 0 Å². The Bertz CT molecular complexity index is 734. The van der Waals surface area contributed by atoms with Crippen LogP contribution >= 0.6 is 11.6 Å². The van der Waals surface area contributed by atoms with Gasteiger partial charge in [0.25, 0.3) is 0 Å². The van der Waals surface area contributed by atoms with Crippen molar-refractivity contribution < 1.29 is 24.2 Å². The zero-order valence-corrected chi connectivity index (χ0v) is 16.9. The van der Waals surface area contributed by atoms with Gasteiger partial charge in [-0.2, -0.15) is 0 Å². The SMILES string of the molecule is COc1c(C(C)NC(=O)OC(C)(C)C)cc(Cl)c(C)c1/C=C(\C)C(=O)O. The third-order valence-corrected chi connectivity index (χ3v) is 4.05. The van der Waals surface area contributed by atoms with Crippen molar-refractivity contribution in [1.82, 2.24) is 5.32 Å². The van der Waals surface area contributed by atoms with Crippen molar-refractivity contribution in [2.45, 2.75) is 53.2 Å². The number of carboxylic acids is 1. The van der Waals surface area contributed by atoms with Crippen LogP contribution in [0.1, 0.15) is 57.4 Å². The number of hydrogen-bond donors (Lipinski definition) is 2. The number of benzene rings is 1. The van der Waals surface area contributed by atoms with Gasteiger partial charge in [0.05, 0.1) is 13.2 Å². The predicted molar refractivity (Wildman–Crippen MR) is 102 cm³/mol. The number of aliphatic carboxylic acids is 1. The molecule has 0 aliphatic carbocycles. The van der Waals surface area contributed by atoms with E-state index in [0.717, 1.165) is 0 Å². The molecule has 1 aromatic rings. The maximum Gasteiger partial charge on any atom is 0.408 e. The number of hydrogen-bond acceptors (Lipinski definition) is 4. The Labute approximate surface area is 159 Å². The molecule has 1 amide bonds. The van der Waals surface area contributed by atoms with E-state index in [1.807, 2.05) is 0 Å². The minimum atomic E-state index is -1.03. The second-order valence-electron chi connectivity index (χ2n) is 7.02. The molecule has 6 nitrogen and oxygen atoms in total. The highest BCUT2D eigenvalue weighted by Crippen LogP contribution is 2.37. The summed E-state index contributed by atoms with van der Waals surface area (Å²) in [7, 11) is 1.49. The minimum absolute atomic E-state index is 0.146. The standard InChI is InChI=1S/C19H26ClNO5/c1-10(17(22)23)8-13-11(2)15(20)9-14(16(13)25-7)12(3)21-18(24)26-19(4,5)6/h8-9,12H,1-7H3,(H,21,24)(H,22,23)/b10-8+. The zero-order valence-electron chi connectivity index (χ0n) is 16.2. The van der Waals surface area contributed by atoms with Crippen molar-refractivity contribution in [3.8, 4) is 5.75 Å². The van der Waals surface area contributed by atoms with Crippen molar-refractivity contribution >= 4 is 29.7 Å². The van der Waals surface area contributed by atoms with Crippen LogP contribution in [0.5, 0.6) is 5.75 Å². The fraction of sp³-hybridized carbons (Fsp3) is 0.474. The first-order valence-electron chi connectivity index (χ1n) is 8.15. The van der Waals surface area contributed by atoms with Crippen LogP contribution in [-0.2, 0) is 9.53 Å². The van der Waals surface area contributed by atoms with Gasteiger partial charge < -0.3 is 19.9 Å². The summed E-state index contributed by atoms with van der Waals surface area (Å²) in [6, 6.07) is 1.24. The topological polar surface area (TPSA) is 84.9 Å². The third-order valence-electron chi connectivity index (χ3n) is 3.65. The van der Waals surface area contributed by atoms with Crippen molar-refractivity contribution in [3.05, 3.63) is 33.4 Å². The molecule has 0 aromatic heterocycles. The van der Waals surface area contributed by atoms with Gasteiger partial charge >= 0.3 is 12.1 Å². The lowest BCUT2D eigenvalue weighted by Crippen LogP contribution is -2.34. The smallest absolute Gasteiger partial charge is 0.408 e. The van der Waals surface area contributed by atoms with Gasteiger partial charge in [-0.05, 0) is 59.2 Å². The van der Waals surface area contributed by atoms with Gasteiger partial charge in [0.1, 0.15) is 11.4 Å². The van der Waals surface area contributed by atoms with Crippen LogP contribution in [0.4, 0.5) is 4.79 Å². The van der Waals surface area contributed by atoms with Gasteiger partial charge in [-0.25, -0.2) is 9.59 Å². The Balaban J connectivity index is 3.35. The van der Waals surface area contributed by atoms with Crippen LogP contribution in [0.25, 0.3) is 6.08 Å². The summed E-state index contributed by atoms with van der Waals surface area (Å²) in [6.07, 6.45) is 0.939. The average molecular weight is 384 g/mol. The number of carboxylic acid groups (broad SMARTS) is 1. The van der Waals surface area contributed by atoms with E-state index >= 15 is 0 Å². The number of ether oxygens (including phenoxy) is 2. The number of carbonyl (C=O) groups is 2. The molecule has 144 valence electrons. The predicted octanol–water partition coefficient (Wildman–Crippen LogP) is 4.73. The lowest BCUT2D eigenvalue weighted by atomic mass is 9.97. The number of rotatable bonds is 5. The van der Waals surface area contributed by atoms with E-state index in [9.17, 15) is 9.59 Å². The van der Waals surface area contributed by atoms with Crippen LogP contribution in [0, 0.1) is 6.92 Å². The monoisotopic (exact) mass is 383 g/mol. The minimum Gasteiger partial charge on any atom is -0.496 e. The fourth-order valence-corrected chi connectivity index (χ4v) is 2.55. The summed E-state index contributed by atoms with van der Waals surface area (Å²) < 4.78 is 10.8. The maximum absolute atomic E-state index is 12.0. The normalized spacial score (nSPS) is 13.2. The van der Waals surface area contributed by atoms with Crippen molar-refractivity contribution in [2.75, 3.05) is 7.11 Å². The molecule has 0 aliphatic rings. The molecule has 0 bridgehead atoms. The van der Waals surface area contributed by atoms with Gasteiger partial charge in [0, 0.05) is 21.7 Å². The maximum atomic E-state index is 12.0. The average Bonchev–Trinajstić information content (AvgIpc) is 2.49. The summed E-state index contributed by atoms with van der Waals surface area (Å²) in [5.74, 6) is -0.580. The lowest BCUT2D eigenvalue weighted by molar-refractivity contribution is -0.132. The second kappa shape index (κ2) is 8.45. The Kier molecular flexibility index (Phi) is 7.09. The highest BCUT2D eigenvalue weighted by atomic mass is 35.5. The van der Waals surface area contributed by atoms with Crippen molar-refractivity contribution in [2.24, 2.45) is 0 Å². The summed E-state index contributed by atoms with van der Waals surface area (Å²) in [6.45, 7) is 10.4. The fourth-order valence-electron chi connectivity index (χ4n) is 2.33. The van der Waals surface area contributed by atoms with E-state index in [0.29, 0.717) is 27.5 Å². The number of alkyl carbamates (subject to hydrolysis) is 1. The molecule has 0 spiro atoms. The molecule has 1 rings (SSSR count). The van der Waals surface area contributed by atoms with Gasteiger partial charge in [-0.15, -0.1) is 0 Å². The quantitative estimate of drug-likeness (QED) is 0.718. The van der Waals surface area contributed by atoms with Crippen LogP contribution in [0.2, 0.25) is 5.02 Å². The zero-order chi connectivity index (χ0) is 20.2. The molecule has 0 fully saturated rings. The van der Waals surface area contributed by atoms with Crippen LogP contribution in [0.15, 0.2) is 11.6 Å². The van der Waals surface area contributed by atoms with E-state index in [1.54, 1.807) is 40.7 Å². The number of methoxy groups -OCH3 is 1. The molecule has 0 saturated heterocycles. The van der Waals surface area contributed by atoms with Crippen LogP contribution in [0.3, 0.4) is 0 Å². The molecule has 1 atom stereocenters. The first-order chi connectivity index (χ1) is 11.9. The van der Waals surface area contributed by atoms with Gasteiger partial charge in [-0.3, -0.25) is 0 Å². The largest absolute Gasteiger partial charge is 0.496 e. The Hall–Kier alpha value is -2.21. The van der Waals surface area contributed by atoms with E-state index in [4.69, 9.17) is 26.2 Å². The molecule has 1 aromatic carbocycles. The summed E-state index contributed by atoms with van der Waals surface area (Å²) in [5, 5.41) is 12.3. The molecule has 0 heterocycles. The number of halogens is 1. The van der Waals surface area contributed by atoms with Gasteiger partial charge in [0.2, 0.25) is 0 Å². The molecule has 1 unspecified atom stereocenters. The van der Waals surface area contributed by atoms with E-state index in [1.165, 1.54) is 20.1 Å². The molecular formula is C19H26ClNO5. The molecule has 0 aliphatic heterocycles. The first-order valence-corrected chi connectivity index (χ1v) is 8.53. The lowest BCUT2D eigenvalue weighted by Gasteiger charge is -2.24. The molecule has 2 N–H and O–H groups in total.